The Bertz CT molecular complexity index is 352. The van der Waals surface area contributed by atoms with Gasteiger partial charge in [0.05, 0.1) is 9.95 Å². The highest BCUT2D eigenvalue weighted by Crippen LogP contribution is 2.39. The molecule has 6 heteroatoms. The molecule has 0 fully saturated rings. The fourth-order valence-corrected chi connectivity index (χ4v) is 1.61. The fourth-order valence-electron chi connectivity index (χ4n) is 0.873. The van der Waals surface area contributed by atoms with E-state index in [0.29, 0.717) is 5.56 Å². The number of nitro benzene ring substituents is 1. The summed E-state index contributed by atoms with van der Waals surface area (Å²) in [6.07, 6.45) is 0. The van der Waals surface area contributed by atoms with Crippen molar-refractivity contribution in [3.63, 3.8) is 0 Å². The van der Waals surface area contributed by atoms with Crippen molar-refractivity contribution in [2.24, 2.45) is 0 Å². The Morgan fingerprint density at radius 1 is 1.31 bits per heavy atom. The van der Waals surface area contributed by atoms with Crippen LogP contribution in [0.3, 0.4) is 0 Å². The molecule has 0 saturated heterocycles. The van der Waals surface area contributed by atoms with Gasteiger partial charge in [-0.1, -0.05) is 34.8 Å². The lowest BCUT2D eigenvalue weighted by Gasteiger charge is -2.02. The SMILES string of the molecule is Cc1cc(Cl)c(Cl)c([N+](=O)[O-])c1Cl. The monoisotopic (exact) mass is 239 g/mol. The molecular weight excluding hydrogens is 236 g/mol. The zero-order valence-electron chi connectivity index (χ0n) is 6.47. The lowest BCUT2D eigenvalue weighted by Crippen LogP contribution is -1.92. The van der Waals surface area contributed by atoms with Crippen LogP contribution in [0.1, 0.15) is 5.56 Å². The Morgan fingerprint density at radius 3 is 2.31 bits per heavy atom. The van der Waals surface area contributed by atoms with Crippen LogP contribution >= 0.6 is 34.8 Å². The van der Waals surface area contributed by atoms with Gasteiger partial charge in [-0.3, -0.25) is 10.1 Å². The molecule has 0 bridgehead atoms. The second kappa shape index (κ2) is 3.70. The van der Waals surface area contributed by atoms with Gasteiger partial charge >= 0.3 is 5.69 Å². The molecule has 0 aliphatic carbocycles. The van der Waals surface area contributed by atoms with Crippen molar-refractivity contribution in [1.82, 2.24) is 0 Å². The number of aryl methyl sites for hydroxylation is 1. The maximum Gasteiger partial charge on any atom is 0.308 e. The number of rotatable bonds is 1. The smallest absolute Gasteiger partial charge is 0.258 e. The fraction of sp³-hybridized carbons (Fsp3) is 0.143. The van der Waals surface area contributed by atoms with E-state index in [9.17, 15) is 10.1 Å². The summed E-state index contributed by atoms with van der Waals surface area (Å²) in [4.78, 5) is 9.88. The first kappa shape index (κ1) is 10.6. The average molecular weight is 240 g/mol. The lowest BCUT2D eigenvalue weighted by molar-refractivity contribution is -0.384. The van der Waals surface area contributed by atoms with Gasteiger partial charge < -0.3 is 0 Å². The normalized spacial score (nSPS) is 10.2. The molecule has 3 nitrogen and oxygen atoms in total. The molecule has 0 aliphatic heterocycles. The van der Waals surface area contributed by atoms with Crippen molar-refractivity contribution in [3.05, 3.63) is 36.8 Å². The minimum atomic E-state index is -0.649. The van der Waals surface area contributed by atoms with Gasteiger partial charge in [-0.15, -0.1) is 0 Å². The standard InChI is InChI=1S/C7H4Cl3NO2/c1-3-2-4(8)6(10)7(5(3)9)11(12)13/h2H,1H3. The number of hydrogen-bond donors (Lipinski definition) is 0. The number of hydrogen-bond acceptors (Lipinski definition) is 2. The molecule has 0 unspecified atom stereocenters. The van der Waals surface area contributed by atoms with Crippen LogP contribution in [-0.2, 0) is 0 Å². The summed E-state index contributed by atoms with van der Waals surface area (Å²) in [6.45, 7) is 1.62. The molecule has 1 aromatic rings. The van der Waals surface area contributed by atoms with Crippen LogP contribution in [0, 0.1) is 17.0 Å². The Balaban J connectivity index is 3.56. The van der Waals surface area contributed by atoms with Crippen LogP contribution in [0.2, 0.25) is 15.1 Å². The van der Waals surface area contributed by atoms with Crippen LogP contribution in [-0.4, -0.2) is 4.92 Å². The summed E-state index contributed by atoms with van der Waals surface area (Å²) in [7, 11) is 0. The van der Waals surface area contributed by atoms with Crippen molar-refractivity contribution in [2.75, 3.05) is 0 Å². The van der Waals surface area contributed by atoms with Crippen molar-refractivity contribution < 1.29 is 4.92 Å². The Kier molecular flexibility index (Phi) is 3.01. The highest BCUT2D eigenvalue weighted by molar-refractivity contribution is 6.45. The van der Waals surface area contributed by atoms with Crippen LogP contribution in [0.5, 0.6) is 0 Å². The maximum atomic E-state index is 10.5. The second-order valence-electron chi connectivity index (χ2n) is 2.41. The van der Waals surface area contributed by atoms with Crippen molar-refractivity contribution in [1.29, 1.82) is 0 Å². The lowest BCUT2D eigenvalue weighted by atomic mass is 10.2. The number of halogens is 3. The molecule has 0 amide bonds. The number of benzene rings is 1. The van der Waals surface area contributed by atoms with Crippen molar-refractivity contribution >= 4 is 40.5 Å². The largest absolute Gasteiger partial charge is 0.308 e. The highest BCUT2D eigenvalue weighted by atomic mass is 35.5. The Morgan fingerprint density at radius 2 is 1.85 bits per heavy atom. The van der Waals surface area contributed by atoms with Gasteiger partial charge in [0.1, 0.15) is 10.0 Å². The van der Waals surface area contributed by atoms with Crippen molar-refractivity contribution in [3.8, 4) is 0 Å². The molecule has 0 aliphatic rings. The van der Waals surface area contributed by atoms with E-state index in [1.165, 1.54) is 6.07 Å². The third-order valence-corrected chi connectivity index (χ3v) is 2.75. The number of nitro groups is 1. The van der Waals surface area contributed by atoms with Gasteiger partial charge in [0, 0.05) is 0 Å². The zero-order chi connectivity index (χ0) is 10.2. The predicted octanol–water partition coefficient (Wildman–Crippen LogP) is 3.86. The molecular formula is C7H4Cl3NO2. The molecule has 1 aromatic carbocycles. The van der Waals surface area contributed by atoms with E-state index < -0.39 is 4.92 Å². The number of nitrogens with zero attached hydrogens (tertiary/aromatic N) is 1. The summed E-state index contributed by atoms with van der Waals surface area (Å²) in [6, 6.07) is 1.49. The molecule has 0 spiro atoms. The molecule has 0 N–H and O–H groups in total. The van der Waals surface area contributed by atoms with Gasteiger partial charge in [0.15, 0.2) is 0 Å². The second-order valence-corrected chi connectivity index (χ2v) is 3.57. The molecule has 13 heavy (non-hydrogen) atoms. The first-order valence-corrected chi connectivity index (χ1v) is 4.37. The van der Waals surface area contributed by atoms with Crippen LogP contribution in [0.4, 0.5) is 5.69 Å². The van der Waals surface area contributed by atoms with E-state index in [0.717, 1.165) is 0 Å². The molecule has 1 rings (SSSR count). The Hall–Kier alpha value is -0.510. The van der Waals surface area contributed by atoms with E-state index in [4.69, 9.17) is 34.8 Å². The third-order valence-electron chi connectivity index (χ3n) is 1.50. The quantitative estimate of drug-likeness (QED) is 0.425. The molecule has 0 saturated carbocycles. The minimum Gasteiger partial charge on any atom is -0.258 e. The Labute approximate surface area is 89.4 Å². The molecule has 0 atom stereocenters. The van der Waals surface area contributed by atoms with Gasteiger partial charge in [0.2, 0.25) is 0 Å². The van der Waals surface area contributed by atoms with Crippen LogP contribution in [0.25, 0.3) is 0 Å². The van der Waals surface area contributed by atoms with E-state index in [1.54, 1.807) is 6.92 Å². The molecule has 70 valence electrons. The van der Waals surface area contributed by atoms with E-state index >= 15 is 0 Å². The van der Waals surface area contributed by atoms with E-state index in [-0.39, 0.29) is 20.8 Å². The first-order valence-electron chi connectivity index (χ1n) is 3.23. The van der Waals surface area contributed by atoms with Crippen molar-refractivity contribution in [2.45, 2.75) is 6.92 Å². The highest BCUT2D eigenvalue weighted by Gasteiger charge is 2.22. The predicted molar refractivity (Wildman–Crippen MR) is 52.9 cm³/mol. The van der Waals surface area contributed by atoms with Gasteiger partial charge in [-0.25, -0.2) is 0 Å². The molecule has 0 aromatic heterocycles. The van der Waals surface area contributed by atoms with Gasteiger partial charge in [-0.05, 0) is 18.6 Å². The zero-order valence-corrected chi connectivity index (χ0v) is 8.74. The third kappa shape index (κ3) is 1.88. The maximum absolute atomic E-state index is 10.5. The molecule has 0 radical (unpaired) electrons. The van der Waals surface area contributed by atoms with Crippen LogP contribution < -0.4 is 0 Å². The summed E-state index contributed by atoms with van der Waals surface area (Å²) < 4.78 is 0. The minimum absolute atomic E-state index is 0.0272. The van der Waals surface area contributed by atoms with E-state index in [2.05, 4.69) is 0 Å². The summed E-state index contributed by atoms with van der Waals surface area (Å²) in [5, 5.41) is 10.6. The topological polar surface area (TPSA) is 43.1 Å². The summed E-state index contributed by atoms with van der Waals surface area (Å²) in [5.74, 6) is 0. The average Bonchev–Trinajstić information content (AvgIpc) is 2.01. The van der Waals surface area contributed by atoms with Gasteiger partial charge in [-0.2, -0.15) is 0 Å². The summed E-state index contributed by atoms with van der Waals surface area (Å²) >= 11 is 16.9. The first-order chi connectivity index (χ1) is 5.95. The van der Waals surface area contributed by atoms with Crippen LogP contribution in [0.15, 0.2) is 6.07 Å². The van der Waals surface area contributed by atoms with Gasteiger partial charge in [0.25, 0.3) is 0 Å². The van der Waals surface area contributed by atoms with E-state index in [1.807, 2.05) is 0 Å². The summed E-state index contributed by atoms with van der Waals surface area (Å²) in [5.41, 5.74) is 0.191. The molecule has 0 heterocycles.